The molecule has 1 rings (SSSR count). The molecule has 0 aliphatic carbocycles. The third-order valence-electron chi connectivity index (χ3n) is 2.23. The van der Waals surface area contributed by atoms with Gasteiger partial charge in [0.05, 0.1) is 15.1 Å². The maximum Gasteiger partial charge on any atom is 0.359 e. The van der Waals surface area contributed by atoms with Crippen molar-refractivity contribution in [3.05, 3.63) is 27.0 Å². The standard InChI is InChI=1S/C11H10Cl3N3O4/c1-4(9(18)17-11(20)15-2)21-10(19)8-7(14)6(13)5(12)3-16-8/h3-4H,1-2H3,(H2,15,17,18,20). The first-order valence-corrected chi connectivity index (χ1v) is 6.64. The van der Waals surface area contributed by atoms with Crippen molar-refractivity contribution in [1.82, 2.24) is 15.6 Å². The SMILES string of the molecule is CNC(=O)NC(=O)C(C)OC(=O)c1ncc(Cl)c(Cl)c1Cl. The van der Waals surface area contributed by atoms with Crippen molar-refractivity contribution in [2.24, 2.45) is 0 Å². The van der Waals surface area contributed by atoms with Gasteiger partial charge in [0.15, 0.2) is 11.8 Å². The molecule has 1 heterocycles. The fourth-order valence-corrected chi connectivity index (χ4v) is 1.69. The molecule has 10 heteroatoms. The van der Waals surface area contributed by atoms with E-state index in [1.165, 1.54) is 14.0 Å². The Morgan fingerprint density at radius 3 is 2.43 bits per heavy atom. The molecular formula is C11H10Cl3N3O4. The number of aromatic nitrogens is 1. The molecule has 1 aromatic rings. The van der Waals surface area contributed by atoms with Gasteiger partial charge in [0.25, 0.3) is 5.91 Å². The van der Waals surface area contributed by atoms with Crippen LogP contribution in [0.25, 0.3) is 0 Å². The Hall–Kier alpha value is -1.57. The van der Waals surface area contributed by atoms with Crippen LogP contribution < -0.4 is 10.6 Å². The van der Waals surface area contributed by atoms with Crippen molar-refractivity contribution in [3.63, 3.8) is 0 Å². The molecule has 21 heavy (non-hydrogen) atoms. The van der Waals surface area contributed by atoms with E-state index < -0.39 is 24.0 Å². The second kappa shape index (κ2) is 7.44. The van der Waals surface area contributed by atoms with E-state index >= 15 is 0 Å². The normalized spacial score (nSPS) is 11.5. The van der Waals surface area contributed by atoms with Gasteiger partial charge in [-0.1, -0.05) is 34.8 Å². The lowest BCUT2D eigenvalue weighted by Crippen LogP contribution is -2.43. The Morgan fingerprint density at radius 1 is 1.24 bits per heavy atom. The number of ether oxygens (including phenoxy) is 1. The molecule has 0 bridgehead atoms. The van der Waals surface area contributed by atoms with E-state index in [9.17, 15) is 14.4 Å². The van der Waals surface area contributed by atoms with Crippen LogP contribution in [-0.2, 0) is 9.53 Å². The highest BCUT2D eigenvalue weighted by atomic mass is 35.5. The molecule has 0 fully saturated rings. The van der Waals surface area contributed by atoms with Gasteiger partial charge in [-0.15, -0.1) is 0 Å². The van der Waals surface area contributed by atoms with Crippen LogP contribution in [-0.4, -0.2) is 36.0 Å². The molecule has 0 radical (unpaired) electrons. The van der Waals surface area contributed by atoms with Crippen LogP contribution in [0.1, 0.15) is 17.4 Å². The summed E-state index contributed by atoms with van der Waals surface area (Å²) in [4.78, 5) is 38.0. The molecular weight excluding hydrogens is 344 g/mol. The Balaban J connectivity index is 2.80. The summed E-state index contributed by atoms with van der Waals surface area (Å²) in [6.07, 6.45) is -0.108. The summed E-state index contributed by atoms with van der Waals surface area (Å²) in [6.45, 7) is 1.28. The molecule has 3 amide bonds. The molecule has 7 nitrogen and oxygen atoms in total. The van der Waals surface area contributed by atoms with E-state index in [1.807, 2.05) is 5.32 Å². The zero-order valence-electron chi connectivity index (χ0n) is 10.9. The molecule has 114 valence electrons. The van der Waals surface area contributed by atoms with Crippen LogP contribution in [0.2, 0.25) is 15.1 Å². The minimum Gasteiger partial charge on any atom is -0.448 e. The van der Waals surface area contributed by atoms with E-state index in [-0.39, 0.29) is 20.8 Å². The Bertz CT molecular complexity index is 594. The van der Waals surface area contributed by atoms with Crippen molar-refractivity contribution < 1.29 is 19.1 Å². The lowest BCUT2D eigenvalue weighted by molar-refractivity contribution is -0.127. The third-order valence-corrected chi connectivity index (χ3v) is 3.47. The first kappa shape index (κ1) is 17.5. The predicted molar refractivity (Wildman–Crippen MR) is 76.7 cm³/mol. The topological polar surface area (TPSA) is 97.4 Å². The number of hydrogen-bond acceptors (Lipinski definition) is 5. The Labute approximate surface area is 134 Å². The van der Waals surface area contributed by atoms with Crippen molar-refractivity contribution in [2.75, 3.05) is 7.05 Å². The van der Waals surface area contributed by atoms with Crippen LogP contribution >= 0.6 is 34.8 Å². The molecule has 0 aliphatic heterocycles. The average molecular weight is 355 g/mol. The number of nitrogens with zero attached hydrogens (tertiary/aromatic N) is 1. The Morgan fingerprint density at radius 2 is 1.86 bits per heavy atom. The maximum atomic E-state index is 11.8. The number of halogens is 3. The highest BCUT2D eigenvalue weighted by Crippen LogP contribution is 2.31. The molecule has 0 spiro atoms. The number of pyridine rings is 1. The largest absolute Gasteiger partial charge is 0.448 e. The monoisotopic (exact) mass is 353 g/mol. The summed E-state index contributed by atoms with van der Waals surface area (Å²) in [6, 6.07) is -0.728. The summed E-state index contributed by atoms with van der Waals surface area (Å²) in [7, 11) is 1.33. The minimum atomic E-state index is -1.23. The smallest absolute Gasteiger partial charge is 0.359 e. The first-order valence-electron chi connectivity index (χ1n) is 5.51. The highest BCUT2D eigenvalue weighted by molar-refractivity contribution is 6.48. The van der Waals surface area contributed by atoms with Gasteiger partial charge in [-0.2, -0.15) is 0 Å². The summed E-state index contributed by atoms with van der Waals surface area (Å²) >= 11 is 17.3. The van der Waals surface area contributed by atoms with E-state index in [1.54, 1.807) is 0 Å². The van der Waals surface area contributed by atoms with Crippen molar-refractivity contribution >= 4 is 52.7 Å². The molecule has 2 N–H and O–H groups in total. The van der Waals surface area contributed by atoms with E-state index in [0.29, 0.717) is 0 Å². The second-order valence-electron chi connectivity index (χ2n) is 3.70. The molecule has 1 aromatic heterocycles. The van der Waals surface area contributed by atoms with Gasteiger partial charge in [-0.25, -0.2) is 14.6 Å². The fraction of sp³-hybridized carbons (Fsp3) is 0.273. The van der Waals surface area contributed by atoms with E-state index in [0.717, 1.165) is 6.20 Å². The highest BCUT2D eigenvalue weighted by Gasteiger charge is 2.24. The van der Waals surface area contributed by atoms with Gasteiger partial charge in [0, 0.05) is 13.2 Å². The zero-order chi connectivity index (χ0) is 16.2. The number of nitrogens with one attached hydrogen (secondary N) is 2. The lowest BCUT2D eigenvalue weighted by Gasteiger charge is -2.13. The number of esters is 1. The maximum absolute atomic E-state index is 11.8. The summed E-state index contributed by atoms with van der Waals surface area (Å²) in [5.41, 5.74) is -0.286. The van der Waals surface area contributed by atoms with Gasteiger partial charge in [-0.05, 0) is 6.92 Å². The number of carbonyl (C=O) groups is 3. The second-order valence-corrected chi connectivity index (χ2v) is 4.86. The summed E-state index contributed by atoms with van der Waals surface area (Å²) in [5.74, 6) is -1.78. The van der Waals surface area contributed by atoms with Crippen LogP contribution in [0.15, 0.2) is 6.20 Å². The number of amides is 3. The number of carbonyl (C=O) groups excluding carboxylic acids is 3. The molecule has 1 unspecified atom stereocenters. The first-order chi connectivity index (χ1) is 9.77. The van der Waals surface area contributed by atoms with Gasteiger partial charge < -0.3 is 10.1 Å². The molecule has 0 aliphatic rings. The van der Waals surface area contributed by atoms with Crippen LogP contribution in [0.3, 0.4) is 0 Å². The van der Waals surface area contributed by atoms with Gasteiger partial charge in [0.2, 0.25) is 0 Å². The summed E-state index contributed by atoms with van der Waals surface area (Å²) < 4.78 is 4.84. The van der Waals surface area contributed by atoms with Gasteiger partial charge in [0.1, 0.15) is 0 Å². The Kier molecular flexibility index (Phi) is 6.19. The lowest BCUT2D eigenvalue weighted by atomic mass is 10.3. The number of urea groups is 1. The quantitative estimate of drug-likeness (QED) is 0.810. The van der Waals surface area contributed by atoms with E-state index in [2.05, 4.69) is 10.3 Å². The van der Waals surface area contributed by atoms with Crippen molar-refractivity contribution in [1.29, 1.82) is 0 Å². The van der Waals surface area contributed by atoms with Crippen molar-refractivity contribution in [2.45, 2.75) is 13.0 Å². The van der Waals surface area contributed by atoms with Crippen LogP contribution in [0.4, 0.5) is 4.79 Å². The fourth-order valence-electron chi connectivity index (χ4n) is 1.13. The van der Waals surface area contributed by atoms with Crippen LogP contribution in [0, 0.1) is 0 Å². The molecule has 0 saturated heterocycles. The van der Waals surface area contributed by atoms with Crippen LogP contribution in [0.5, 0.6) is 0 Å². The van der Waals surface area contributed by atoms with E-state index in [4.69, 9.17) is 39.5 Å². The number of hydrogen-bond donors (Lipinski definition) is 2. The predicted octanol–water partition coefficient (Wildman–Crippen LogP) is 2.04. The van der Waals surface area contributed by atoms with Crippen molar-refractivity contribution in [3.8, 4) is 0 Å². The molecule has 0 saturated carbocycles. The minimum absolute atomic E-state index is 0.0530. The van der Waals surface area contributed by atoms with Gasteiger partial charge >= 0.3 is 12.0 Å². The molecule has 1 atom stereocenters. The number of imide groups is 1. The number of rotatable bonds is 3. The zero-order valence-corrected chi connectivity index (χ0v) is 13.1. The third kappa shape index (κ3) is 4.45. The summed E-state index contributed by atoms with van der Waals surface area (Å²) in [5, 5.41) is 3.97. The van der Waals surface area contributed by atoms with Gasteiger partial charge in [-0.3, -0.25) is 10.1 Å². The molecule has 0 aromatic carbocycles. The average Bonchev–Trinajstić information content (AvgIpc) is 2.44.